The molecule has 0 bridgehead atoms. The predicted octanol–water partition coefficient (Wildman–Crippen LogP) is 8.86. The Labute approximate surface area is 376 Å². The number of hydrogen-bond donors (Lipinski definition) is 7. The second-order valence-corrected chi connectivity index (χ2v) is 18.2. The minimum atomic E-state index is -5.12. The molecule has 0 aromatic heterocycles. The van der Waals surface area contributed by atoms with E-state index in [1.54, 1.807) is 6.08 Å². The number of aliphatic hydroxyl groups is 5. The SMILES string of the molecule is CCCCCCCCCC/C=C/CC/C=C/CC/C=C/C(O)C(COC1OC(CO)C(O)C(OS(=O)(=O)O)C1O)NC(=O)C(O)CCCCCCCCCCCCCCCCC. The van der Waals surface area contributed by atoms with Crippen molar-refractivity contribution >= 4 is 16.3 Å². The molecule has 13 nitrogen and oxygen atoms in total. The van der Waals surface area contributed by atoms with Gasteiger partial charge in [-0.2, -0.15) is 8.42 Å². The van der Waals surface area contributed by atoms with Crippen LogP contribution in [0.4, 0.5) is 0 Å². The Morgan fingerprint density at radius 1 is 0.645 bits per heavy atom. The molecule has 0 aliphatic carbocycles. The zero-order valence-corrected chi connectivity index (χ0v) is 39.4. The van der Waals surface area contributed by atoms with Gasteiger partial charge in [-0.3, -0.25) is 9.35 Å². The Hall–Kier alpha value is -1.72. The zero-order chi connectivity index (χ0) is 45.7. The first kappa shape index (κ1) is 58.3. The summed E-state index contributed by atoms with van der Waals surface area (Å²) in [6, 6.07) is -1.14. The monoisotopic (exact) mass is 904 g/mol. The number of carbonyl (C=O) groups excluding carboxylic acids is 1. The van der Waals surface area contributed by atoms with Crippen LogP contribution in [0.2, 0.25) is 0 Å². The van der Waals surface area contributed by atoms with Crippen molar-refractivity contribution in [1.82, 2.24) is 5.32 Å². The Balaban J connectivity index is 2.60. The maximum Gasteiger partial charge on any atom is 0.397 e. The van der Waals surface area contributed by atoms with Gasteiger partial charge in [-0.25, -0.2) is 4.18 Å². The van der Waals surface area contributed by atoms with Crippen LogP contribution in [-0.4, -0.2) is 107 Å². The number of allylic oxidation sites excluding steroid dienone is 5. The van der Waals surface area contributed by atoms with E-state index < -0.39 is 78.5 Å². The summed E-state index contributed by atoms with van der Waals surface area (Å²) >= 11 is 0. The molecule has 1 amide bonds. The van der Waals surface area contributed by atoms with E-state index in [1.165, 1.54) is 128 Å². The van der Waals surface area contributed by atoms with Crippen LogP contribution in [0.15, 0.2) is 36.5 Å². The number of amides is 1. The lowest BCUT2D eigenvalue weighted by Gasteiger charge is -2.41. The number of ether oxygens (including phenoxy) is 2. The van der Waals surface area contributed by atoms with E-state index in [9.17, 15) is 43.3 Å². The summed E-state index contributed by atoms with van der Waals surface area (Å²) in [4.78, 5) is 13.1. The smallest absolute Gasteiger partial charge is 0.394 e. The van der Waals surface area contributed by atoms with E-state index in [0.29, 0.717) is 12.8 Å². The van der Waals surface area contributed by atoms with Crippen molar-refractivity contribution in [3.05, 3.63) is 36.5 Å². The minimum Gasteiger partial charge on any atom is -0.394 e. The average molecular weight is 904 g/mol. The number of rotatable bonds is 41. The van der Waals surface area contributed by atoms with Gasteiger partial charge in [-0.05, 0) is 44.9 Å². The fourth-order valence-electron chi connectivity index (χ4n) is 7.61. The third-order valence-corrected chi connectivity index (χ3v) is 12.0. The van der Waals surface area contributed by atoms with E-state index in [1.807, 2.05) is 0 Å². The molecule has 0 saturated carbocycles. The molecule has 1 aliphatic heterocycles. The Morgan fingerprint density at radius 3 is 1.55 bits per heavy atom. The third-order valence-electron chi connectivity index (χ3n) is 11.5. The average Bonchev–Trinajstić information content (AvgIpc) is 3.24. The molecule has 62 heavy (non-hydrogen) atoms. The molecule has 8 unspecified atom stereocenters. The van der Waals surface area contributed by atoms with Gasteiger partial charge in [0.25, 0.3) is 0 Å². The molecular formula is C48H89NO12S. The highest BCUT2D eigenvalue weighted by Gasteiger charge is 2.48. The highest BCUT2D eigenvalue weighted by Crippen LogP contribution is 2.26. The maximum absolute atomic E-state index is 13.1. The van der Waals surface area contributed by atoms with Crippen LogP contribution in [0.5, 0.6) is 0 Å². The van der Waals surface area contributed by atoms with Gasteiger partial charge in [0.15, 0.2) is 6.29 Å². The van der Waals surface area contributed by atoms with Crippen LogP contribution in [0.25, 0.3) is 0 Å². The molecular weight excluding hydrogens is 815 g/mol. The van der Waals surface area contributed by atoms with Gasteiger partial charge in [-0.1, -0.05) is 192 Å². The van der Waals surface area contributed by atoms with Crippen molar-refractivity contribution in [2.75, 3.05) is 13.2 Å². The maximum atomic E-state index is 13.1. The van der Waals surface area contributed by atoms with Crippen LogP contribution >= 0.6 is 0 Å². The van der Waals surface area contributed by atoms with E-state index >= 15 is 0 Å². The zero-order valence-electron chi connectivity index (χ0n) is 38.5. The van der Waals surface area contributed by atoms with E-state index in [4.69, 9.17) is 9.47 Å². The van der Waals surface area contributed by atoms with Gasteiger partial charge in [0.2, 0.25) is 5.91 Å². The van der Waals surface area contributed by atoms with Crippen LogP contribution in [0.3, 0.4) is 0 Å². The predicted molar refractivity (Wildman–Crippen MR) is 247 cm³/mol. The molecule has 1 fully saturated rings. The van der Waals surface area contributed by atoms with Crippen molar-refractivity contribution in [3.63, 3.8) is 0 Å². The minimum absolute atomic E-state index is 0.236. The first-order valence-corrected chi connectivity index (χ1v) is 25.8. The number of aliphatic hydroxyl groups excluding tert-OH is 5. The van der Waals surface area contributed by atoms with E-state index in [2.05, 4.69) is 47.7 Å². The van der Waals surface area contributed by atoms with Crippen LogP contribution in [0.1, 0.15) is 200 Å². The normalized spacial score (nSPS) is 21.3. The summed E-state index contributed by atoms with van der Waals surface area (Å²) in [5.74, 6) is -0.715. The quantitative estimate of drug-likeness (QED) is 0.0174. The number of carbonyl (C=O) groups is 1. The molecule has 8 atom stereocenters. The molecule has 1 heterocycles. The largest absolute Gasteiger partial charge is 0.397 e. The van der Waals surface area contributed by atoms with Crippen LogP contribution < -0.4 is 5.32 Å². The topological polar surface area (TPSA) is 212 Å². The van der Waals surface area contributed by atoms with Crippen molar-refractivity contribution in [2.45, 2.75) is 249 Å². The first-order chi connectivity index (χ1) is 29.9. The molecule has 0 spiro atoms. The van der Waals surface area contributed by atoms with Crippen LogP contribution in [0, 0.1) is 0 Å². The summed E-state index contributed by atoms with van der Waals surface area (Å²) in [6.45, 7) is 3.20. The molecule has 14 heteroatoms. The van der Waals surface area contributed by atoms with Gasteiger partial charge in [-0.15, -0.1) is 0 Å². The van der Waals surface area contributed by atoms with Gasteiger partial charge in [0.05, 0.1) is 25.4 Å². The lowest BCUT2D eigenvalue weighted by Crippen LogP contribution is -2.61. The second kappa shape index (κ2) is 38.5. The molecule has 0 aromatic carbocycles. The number of unbranched alkanes of at least 4 members (excludes halogenated alkanes) is 24. The molecule has 0 radical (unpaired) electrons. The number of nitrogens with one attached hydrogen (secondary N) is 1. The summed E-state index contributed by atoms with van der Waals surface area (Å²) in [5.41, 5.74) is 0. The Kier molecular flexibility index (Phi) is 36.2. The van der Waals surface area contributed by atoms with E-state index in [0.717, 1.165) is 44.9 Å². The first-order valence-electron chi connectivity index (χ1n) is 24.5. The van der Waals surface area contributed by atoms with Crippen molar-refractivity contribution in [2.24, 2.45) is 0 Å². The van der Waals surface area contributed by atoms with Crippen LogP contribution in [-0.2, 0) is 28.9 Å². The van der Waals surface area contributed by atoms with E-state index in [-0.39, 0.29) is 6.42 Å². The van der Waals surface area contributed by atoms with Crippen molar-refractivity contribution in [3.8, 4) is 0 Å². The van der Waals surface area contributed by atoms with Gasteiger partial charge < -0.3 is 40.3 Å². The van der Waals surface area contributed by atoms with Crippen molar-refractivity contribution in [1.29, 1.82) is 0 Å². The summed E-state index contributed by atoms with van der Waals surface area (Å²) in [6.07, 6.45) is 33.7. The molecule has 364 valence electrons. The van der Waals surface area contributed by atoms with Crippen molar-refractivity contribution < 1.29 is 57.0 Å². The second-order valence-electron chi connectivity index (χ2n) is 17.2. The summed E-state index contributed by atoms with van der Waals surface area (Å²) < 4.78 is 47.5. The molecule has 1 aliphatic rings. The third kappa shape index (κ3) is 30.4. The summed E-state index contributed by atoms with van der Waals surface area (Å²) in [7, 11) is -5.12. The number of hydrogen-bond acceptors (Lipinski definition) is 11. The van der Waals surface area contributed by atoms with Gasteiger partial charge in [0, 0.05) is 0 Å². The highest BCUT2D eigenvalue weighted by molar-refractivity contribution is 7.80. The highest BCUT2D eigenvalue weighted by atomic mass is 32.3. The lowest BCUT2D eigenvalue weighted by molar-refractivity contribution is -0.298. The lowest BCUT2D eigenvalue weighted by atomic mass is 9.99. The molecule has 1 saturated heterocycles. The van der Waals surface area contributed by atoms with Gasteiger partial charge >= 0.3 is 10.4 Å². The molecule has 0 aromatic rings. The fourth-order valence-corrected chi connectivity index (χ4v) is 8.12. The molecule has 1 rings (SSSR count). The fraction of sp³-hybridized carbons (Fsp3) is 0.854. The Morgan fingerprint density at radius 2 is 1.08 bits per heavy atom. The summed E-state index contributed by atoms with van der Waals surface area (Å²) in [5, 5.41) is 55.2. The standard InChI is InChI=1S/C48H89NO12S/c1-3-5-7-9-11-13-15-17-19-20-21-23-24-26-28-30-32-34-36-41(51)40(39-59-48-45(54)46(61-62(56,57)58)44(53)43(38-50)60-48)49-47(55)42(52)37-35-33-31-29-27-25-22-18-16-14-12-10-8-6-4-2/h20-21,26,28,34,36,40-46,48,50-54H,3-19,22-25,27,29-33,35,37-39H2,1-2H3,(H,49,55)(H,56,57,58)/b21-20+,28-26+,36-34+. The van der Waals surface area contributed by atoms with Gasteiger partial charge in [0.1, 0.15) is 30.5 Å². The Bertz CT molecular complexity index is 1260. The molecule has 7 N–H and O–H groups in total.